The Morgan fingerprint density at radius 2 is 2.00 bits per heavy atom. The molecule has 2 rings (SSSR count). The van der Waals surface area contributed by atoms with Gasteiger partial charge in [0.25, 0.3) is 0 Å². The summed E-state index contributed by atoms with van der Waals surface area (Å²) in [5, 5.41) is 19.7. The van der Waals surface area contributed by atoms with Crippen LogP contribution in [-0.2, 0) is 4.65 Å². The highest BCUT2D eigenvalue weighted by molar-refractivity contribution is 6.63. The van der Waals surface area contributed by atoms with Crippen LogP contribution in [0.4, 0.5) is 0 Å². The van der Waals surface area contributed by atoms with Gasteiger partial charge in [-0.15, -0.1) is 0 Å². The van der Waals surface area contributed by atoms with Crippen LogP contribution in [0.3, 0.4) is 0 Å². The van der Waals surface area contributed by atoms with Crippen LogP contribution in [0.15, 0.2) is 12.1 Å². The summed E-state index contributed by atoms with van der Waals surface area (Å²) in [6, 6.07) is 3.69. The summed E-state index contributed by atoms with van der Waals surface area (Å²) < 4.78 is 11.0. The molecule has 1 aromatic carbocycles. The monoisotopic (exact) mass is 295 g/mol. The standard InChI is InChI=1S/C13H20BNO4.C2H6/c1-8-4-5-9(18-7-13(2,3)16)12-11(8)10(6-15)19-14(12)17;1-2/h4-5,10,16-17H,6-7,15H2,1-3H3;1-2H3. The van der Waals surface area contributed by atoms with Gasteiger partial charge in [0.1, 0.15) is 12.4 Å². The van der Waals surface area contributed by atoms with E-state index >= 15 is 0 Å². The Hall–Kier alpha value is -1.08. The highest BCUT2D eigenvalue weighted by atomic mass is 16.5. The molecule has 0 aliphatic carbocycles. The minimum atomic E-state index is -1.03. The second-order valence-electron chi connectivity index (χ2n) is 5.52. The highest BCUT2D eigenvalue weighted by Crippen LogP contribution is 2.30. The van der Waals surface area contributed by atoms with Gasteiger partial charge in [-0.05, 0) is 38.0 Å². The van der Waals surface area contributed by atoms with Crippen LogP contribution >= 0.6 is 0 Å². The van der Waals surface area contributed by atoms with E-state index in [-0.39, 0.29) is 12.7 Å². The van der Waals surface area contributed by atoms with Crippen molar-refractivity contribution in [2.45, 2.75) is 46.3 Å². The smallest absolute Gasteiger partial charge is 0.491 e. The molecule has 4 N–H and O–H groups in total. The Morgan fingerprint density at radius 1 is 1.38 bits per heavy atom. The topological polar surface area (TPSA) is 84.9 Å². The predicted molar refractivity (Wildman–Crippen MR) is 84.8 cm³/mol. The fraction of sp³-hybridized carbons (Fsp3) is 0.600. The van der Waals surface area contributed by atoms with Gasteiger partial charge in [-0.2, -0.15) is 0 Å². The molecule has 1 aliphatic heterocycles. The Bertz CT molecular complexity index is 473. The van der Waals surface area contributed by atoms with Crippen molar-refractivity contribution in [1.82, 2.24) is 0 Å². The van der Waals surface area contributed by atoms with Gasteiger partial charge < -0.3 is 25.3 Å². The first-order chi connectivity index (χ1) is 9.83. The predicted octanol–water partition coefficient (Wildman–Crippen LogP) is 0.888. The third kappa shape index (κ3) is 4.20. The van der Waals surface area contributed by atoms with Crippen molar-refractivity contribution in [2.24, 2.45) is 5.73 Å². The maximum atomic E-state index is 10.00. The summed E-state index contributed by atoms with van der Waals surface area (Å²) in [5.74, 6) is 0.533. The Kier molecular flexibility index (Phi) is 6.22. The van der Waals surface area contributed by atoms with Gasteiger partial charge in [-0.25, -0.2) is 0 Å². The van der Waals surface area contributed by atoms with E-state index < -0.39 is 12.7 Å². The van der Waals surface area contributed by atoms with Crippen molar-refractivity contribution < 1.29 is 19.5 Å². The zero-order valence-corrected chi connectivity index (χ0v) is 13.5. The number of aryl methyl sites for hydroxylation is 1. The van der Waals surface area contributed by atoms with Gasteiger partial charge in [-0.1, -0.05) is 19.9 Å². The average Bonchev–Trinajstić information content (AvgIpc) is 2.78. The van der Waals surface area contributed by atoms with Crippen LogP contribution in [0, 0.1) is 6.92 Å². The average molecular weight is 295 g/mol. The van der Waals surface area contributed by atoms with Gasteiger partial charge in [0.2, 0.25) is 0 Å². The number of aliphatic hydroxyl groups is 1. The van der Waals surface area contributed by atoms with Crippen molar-refractivity contribution in [1.29, 1.82) is 0 Å². The molecular formula is C15H26BNO4. The second kappa shape index (κ2) is 7.27. The van der Waals surface area contributed by atoms with Gasteiger partial charge in [0.15, 0.2) is 0 Å². The lowest BCUT2D eigenvalue weighted by Gasteiger charge is -2.20. The molecule has 21 heavy (non-hydrogen) atoms. The third-order valence-electron chi connectivity index (χ3n) is 3.12. The third-order valence-corrected chi connectivity index (χ3v) is 3.12. The van der Waals surface area contributed by atoms with Gasteiger partial charge in [0, 0.05) is 12.0 Å². The first-order valence-corrected chi connectivity index (χ1v) is 7.35. The second-order valence-corrected chi connectivity index (χ2v) is 5.52. The summed E-state index contributed by atoms with van der Waals surface area (Å²) in [4.78, 5) is 0. The van der Waals surface area contributed by atoms with Crippen molar-refractivity contribution in [3.63, 3.8) is 0 Å². The largest absolute Gasteiger partial charge is 0.495 e. The van der Waals surface area contributed by atoms with Gasteiger partial charge in [0.05, 0.1) is 11.7 Å². The Morgan fingerprint density at radius 3 is 2.52 bits per heavy atom. The van der Waals surface area contributed by atoms with E-state index in [0.29, 0.717) is 17.8 Å². The number of hydrogen-bond acceptors (Lipinski definition) is 5. The molecule has 0 saturated carbocycles. The zero-order valence-electron chi connectivity index (χ0n) is 13.5. The Labute approximate surface area is 127 Å². The summed E-state index contributed by atoms with van der Waals surface area (Å²) >= 11 is 0. The molecule has 5 nitrogen and oxygen atoms in total. The molecule has 118 valence electrons. The molecule has 0 bridgehead atoms. The van der Waals surface area contributed by atoms with E-state index in [4.69, 9.17) is 15.1 Å². The maximum absolute atomic E-state index is 10.00. The molecule has 1 aliphatic rings. The molecule has 0 radical (unpaired) electrons. The molecule has 0 saturated heterocycles. The molecule has 1 aromatic rings. The van der Waals surface area contributed by atoms with E-state index in [9.17, 15) is 10.1 Å². The quantitative estimate of drug-likeness (QED) is 0.718. The van der Waals surface area contributed by atoms with Crippen molar-refractivity contribution in [3.8, 4) is 5.75 Å². The van der Waals surface area contributed by atoms with Crippen LogP contribution in [0.25, 0.3) is 0 Å². The SMILES string of the molecule is CC.Cc1ccc(OCC(C)(C)O)c2c1C(CN)OB2O. The molecule has 6 heteroatoms. The van der Waals surface area contributed by atoms with Crippen molar-refractivity contribution in [2.75, 3.05) is 13.2 Å². The van der Waals surface area contributed by atoms with E-state index in [2.05, 4.69) is 0 Å². The molecule has 0 amide bonds. The van der Waals surface area contributed by atoms with E-state index in [1.165, 1.54) is 0 Å². The number of ether oxygens (including phenoxy) is 1. The summed E-state index contributed by atoms with van der Waals surface area (Å²) in [6.45, 7) is 9.72. The first kappa shape index (κ1) is 18.0. The minimum absolute atomic E-state index is 0.141. The zero-order chi connectivity index (χ0) is 16.2. The first-order valence-electron chi connectivity index (χ1n) is 7.35. The highest BCUT2D eigenvalue weighted by Gasteiger charge is 2.38. The maximum Gasteiger partial charge on any atom is 0.495 e. The molecule has 1 unspecified atom stereocenters. The molecule has 1 heterocycles. The van der Waals surface area contributed by atoms with Crippen molar-refractivity contribution >= 4 is 12.6 Å². The minimum Gasteiger partial charge on any atom is -0.491 e. The lowest BCUT2D eigenvalue weighted by molar-refractivity contribution is 0.0288. The van der Waals surface area contributed by atoms with Crippen LogP contribution in [0.1, 0.15) is 44.9 Å². The van der Waals surface area contributed by atoms with Crippen LogP contribution in [-0.4, -0.2) is 36.0 Å². The number of hydrogen-bond donors (Lipinski definition) is 3. The molecule has 1 atom stereocenters. The lowest BCUT2D eigenvalue weighted by Crippen LogP contribution is -2.34. The Balaban J connectivity index is 0.00000106. The molecule has 0 spiro atoms. The molecule has 0 aromatic heterocycles. The summed E-state index contributed by atoms with van der Waals surface area (Å²) in [5.41, 5.74) is 7.25. The van der Waals surface area contributed by atoms with Gasteiger partial charge >= 0.3 is 7.12 Å². The summed E-state index contributed by atoms with van der Waals surface area (Å²) in [7, 11) is -1.03. The normalized spacial score (nSPS) is 17.1. The van der Waals surface area contributed by atoms with Crippen molar-refractivity contribution in [3.05, 3.63) is 23.3 Å². The van der Waals surface area contributed by atoms with Crippen LogP contribution < -0.4 is 15.9 Å². The van der Waals surface area contributed by atoms with Gasteiger partial charge in [-0.3, -0.25) is 0 Å². The number of nitrogens with two attached hydrogens (primary N) is 1. The number of fused-ring (bicyclic) bond motifs is 1. The number of benzene rings is 1. The van der Waals surface area contributed by atoms with E-state index in [0.717, 1.165) is 11.1 Å². The van der Waals surface area contributed by atoms with E-state index in [1.807, 2.05) is 26.8 Å². The summed E-state index contributed by atoms with van der Waals surface area (Å²) in [6.07, 6.45) is -0.310. The number of rotatable bonds is 4. The fourth-order valence-corrected chi connectivity index (χ4v) is 2.25. The lowest BCUT2D eigenvalue weighted by atomic mass is 9.77. The van der Waals surface area contributed by atoms with E-state index in [1.54, 1.807) is 19.9 Å². The fourth-order valence-electron chi connectivity index (χ4n) is 2.25. The molecular weight excluding hydrogens is 269 g/mol. The van der Waals surface area contributed by atoms with Crippen LogP contribution in [0.2, 0.25) is 0 Å². The molecule has 0 fully saturated rings. The van der Waals surface area contributed by atoms with Crippen LogP contribution in [0.5, 0.6) is 5.75 Å².